The van der Waals surface area contributed by atoms with Crippen LogP contribution in [-0.2, 0) is 0 Å². The molecule has 2 aromatic carbocycles. The van der Waals surface area contributed by atoms with E-state index in [9.17, 15) is 0 Å². The van der Waals surface area contributed by atoms with Gasteiger partial charge in [0.2, 0.25) is 0 Å². The number of aryl methyl sites for hydroxylation is 1. The second-order valence-electron chi connectivity index (χ2n) is 3.64. The van der Waals surface area contributed by atoms with Gasteiger partial charge in [-0.1, -0.05) is 47.5 Å². The predicted octanol–water partition coefficient (Wildman–Crippen LogP) is 4.87. The van der Waals surface area contributed by atoms with Crippen molar-refractivity contribution in [2.45, 2.75) is 6.92 Å². The molecule has 0 saturated heterocycles. The van der Waals surface area contributed by atoms with Crippen LogP contribution in [0.25, 0.3) is 16.0 Å². The Hall–Kier alpha value is -1.78. The highest BCUT2D eigenvalue weighted by Gasteiger charge is 2.04. The van der Waals surface area contributed by atoms with E-state index in [0.717, 1.165) is 16.7 Å². The van der Waals surface area contributed by atoms with E-state index in [1.54, 1.807) is 0 Å². The van der Waals surface area contributed by atoms with Crippen molar-refractivity contribution in [2.24, 2.45) is 0 Å². The van der Waals surface area contributed by atoms with Crippen LogP contribution in [0.4, 0.5) is 5.69 Å². The number of benzene rings is 2. The molecule has 0 aliphatic rings. The molecule has 2 heteroatoms. The normalized spacial score (nSPS) is 9.81. The topological polar surface area (TPSA) is 4.36 Å². The van der Waals surface area contributed by atoms with Crippen LogP contribution in [0.3, 0.4) is 0 Å². The van der Waals surface area contributed by atoms with E-state index >= 15 is 0 Å². The molecule has 0 N–H and O–H groups in total. The van der Waals surface area contributed by atoms with Gasteiger partial charge in [0, 0.05) is 5.02 Å². The summed E-state index contributed by atoms with van der Waals surface area (Å²) in [5.74, 6) is 0. The summed E-state index contributed by atoms with van der Waals surface area (Å²) in [6, 6.07) is 13.4. The van der Waals surface area contributed by atoms with Gasteiger partial charge in [-0.15, -0.1) is 0 Å². The zero-order chi connectivity index (χ0) is 11.5. The molecular weight excluding hydrogens is 218 g/mol. The molecule has 1 nitrogen and oxygen atoms in total. The first-order chi connectivity index (χ1) is 7.70. The molecule has 78 valence electrons. The quantitative estimate of drug-likeness (QED) is 0.613. The van der Waals surface area contributed by atoms with E-state index in [2.05, 4.69) is 4.85 Å². The molecule has 2 rings (SSSR count). The zero-order valence-electron chi connectivity index (χ0n) is 8.87. The van der Waals surface area contributed by atoms with Crippen molar-refractivity contribution < 1.29 is 0 Å². The maximum atomic E-state index is 7.15. The van der Waals surface area contributed by atoms with E-state index < -0.39 is 0 Å². The number of hydrogen-bond acceptors (Lipinski definition) is 0. The molecule has 0 spiro atoms. The molecule has 0 atom stereocenters. The highest BCUT2D eigenvalue weighted by molar-refractivity contribution is 6.30. The summed E-state index contributed by atoms with van der Waals surface area (Å²) in [7, 11) is 0. The molecule has 0 fully saturated rings. The van der Waals surface area contributed by atoms with Crippen molar-refractivity contribution in [1.82, 2.24) is 0 Å². The summed E-state index contributed by atoms with van der Waals surface area (Å²) < 4.78 is 0. The third kappa shape index (κ3) is 2.08. The van der Waals surface area contributed by atoms with Gasteiger partial charge < -0.3 is 0 Å². The summed E-state index contributed by atoms with van der Waals surface area (Å²) >= 11 is 5.84. The summed E-state index contributed by atoms with van der Waals surface area (Å²) in [4.78, 5) is 3.53. The highest BCUT2D eigenvalue weighted by atomic mass is 35.5. The van der Waals surface area contributed by atoms with Gasteiger partial charge in [0.15, 0.2) is 5.69 Å². The van der Waals surface area contributed by atoms with Crippen LogP contribution in [0, 0.1) is 13.5 Å². The maximum Gasteiger partial charge on any atom is 0.194 e. The Morgan fingerprint density at radius 3 is 2.38 bits per heavy atom. The van der Waals surface area contributed by atoms with Gasteiger partial charge in [0.05, 0.1) is 6.57 Å². The van der Waals surface area contributed by atoms with Crippen LogP contribution < -0.4 is 0 Å². The zero-order valence-corrected chi connectivity index (χ0v) is 9.62. The third-order valence-corrected chi connectivity index (χ3v) is 2.68. The fraction of sp³-hybridized carbons (Fsp3) is 0.0714. The van der Waals surface area contributed by atoms with E-state index in [-0.39, 0.29) is 0 Å². The van der Waals surface area contributed by atoms with Gasteiger partial charge >= 0.3 is 0 Å². The van der Waals surface area contributed by atoms with E-state index in [0.29, 0.717) is 10.7 Å². The van der Waals surface area contributed by atoms with Gasteiger partial charge in [-0.2, -0.15) is 0 Å². The predicted molar refractivity (Wildman–Crippen MR) is 67.9 cm³/mol. The minimum absolute atomic E-state index is 0.674. The molecule has 2 aromatic rings. The second kappa shape index (κ2) is 4.38. The Bertz CT molecular complexity index is 550. The van der Waals surface area contributed by atoms with E-state index in [4.69, 9.17) is 18.2 Å². The summed E-state index contributed by atoms with van der Waals surface area (Å²) in [5.41, 5.74) is 3.82. The average Bonchev–Trinajstić information content (AvgIpc) is 2.30. The first-order valence-corrected chi connectivity index (χ1v) is 5.32. The lowest BCUT2D eigenvalue weighted by molar-refractivity contribution is 1.47. The summed E-state index contributed by atoms with van der Waals surface area (Å²) in [5, 5.41) is 0.709. The first-order valence-electron chi connectivity index (χ1n) is 4.95. The average molecular weight is 228 g/mol. The van der Waals surface area contributed by atoms with Crippen molar-refractivity contribution in [3.05, 3.63) is 64.5 Å². The first kappa shape index (κ1) is 10.7. The Morgan fingerprint density at radius 1 is 1.06 bits per heavy atom. The third-order valence-electron chi connectivity index (χ3n) is 2.43. The van der Waals surface area contributed by atoms with Gasteiger partial charge in [-0.05, 0) is 30.2 Å². The Balaban J connectivity index is 2.59. The van der Waals surface area contributed by atoms with Crippen LogP contribution in [0.15, 0.2) is 42.5 Å². The Kier molecular flexibility index (Phi) is 2.94. The molecule has 0 unspecified atom stereocenters. The largest absolute Gasteiger partial charge is 0.238 e. The van der Waals surface area contributed by atoms with Crippen LogP contribution in [0.2, 0.25) is 5.02 Å². The van der Waals surface area contributed by atoms with Gasteiger partial charge in [0.1, 0.15) is 0 Å². The fourth-order valence-electron chi connectivity index (χ4n) is 1.61. The van der Waals surface area contributed by atoms with Crippen molar-refractivity contribution >= 4 is 17.3 Å². The number of nitrogens with zero attached hydrogens (tertiary/aromatic N) is 1. The minimum Gasteiger partial charge on any atom is -0.238 e. The van der Waals surface area contributed by atoms with Gasteiger partial charge in [-0.3, -0.25) is 0 Å². The van der Waals surface area contributed by atoms with Crippen molar-refractivity contribution in [2.75, 3.05) is 0 Å². The van der Waals surface area contributed by atoms with Crippen LogP contribution in [0.5, 0.6) is 0 Å². The summed E-state index contributed by atoms with van der Waals surface area (Å²) in [6.45, 7) is 9.17. The van der Waals surface area contributed by atoms with E-state index in [1.807, 2.05) is 49.4 Å². The van der Waals surface area contributed by atoms with Crippen LogP contribution in [0.1, 0.15) is 5.56 Å². The van der Waals surface area contributed by atoms with E-state index in [1.165, 1.54) is 0 Å². The number of halogens is 1. The SMILES string of the molecule is [C-]#[N+]c1ccc(C)cc1-c1ccc(Cl)cc1. The maximum absolute atomic E-state index is 7.15. The Labute approximate surface area is 100 Å². The molecule has 0 aliphatic heterocycles. The molecule has 16 heavy (non-hydrogen) atoms. The molecule has 0 aliphatic carbocycles. The van der Waals surface area contributed by atoms with Crippen LogP contribution in [-0.4, -0.2) is 0 Å². The monoisotopic (exact) mass is 227 g/mol. The molecular formula is C14H10ClN. The summed E-state index contributed by atoms with van der Waals surface area (Å²) in [6.07, 6.45) is 0. The molecule has 0 aromatic heterocycles. The van der Waals surface area contributed by atoms with Gasteiger partial charge in [-0.25, -0.2) is 4.85 Å². The second-order valence-corrected chi connectivity index (χ2v) is 4.08. The lowest BCUT2D eigenvalue weighted by Crippen LogP contribution is -1.80. The van der Waals surface area contributed by atoms with Gasteiger partial charge in [0.25, 0.3) is 0 Å². The van der Waals surface area contributed by atoms with Crippen molar-refractivity contribution in [3.8, 4) is 11.1 Å². The number of rotatable bonds is 1. The molecule has 0 saturated carbocycles. The lowest BCUT2D eigenvalue weighted by Gasteiger charge is -2.05. The van der Waals surface area contributed by atoms with Crippen molar-refractivity contribution in [3.63, 3.8) is 0 Å². The highest BCUT2D eigenvalue weighted by Crippen LogP contribution is 2.31. The Morgan fingerprint density at radius 2 is 1.75 bits per heavy atom. The van der Waals surface area contributed by atoms with Crippen LogP contribution >= 0.6 is 11.6 Å². The molecule has 0 radical (unpaired) electrons. The number of hydrogen-bond donors (Lipinski definition) is 0. The minimum atomic E-state index is 0.674. The standard InChI is InChI=1S/C14H10ClN/c1-10-3-8-14(16-2)13(9-10)11-4-6-12(15)7-5-11/h3-9H,1H3. The van der Waals surface area contributed by atoms with Crippen molar-refractivity contribution in [1.29, 1.82) is 0 Å². The molecule has 0 bridgehead atoms. The smallest absolute Gasteiger partial charge is 0.194 e. The molecule has 0 amide bonds. The fourth-order valence-corrected chi connectivity index (χ4v) is 1.73. The lowest BCUT2D eigenvalue weighted by atomic mass is 10.0. The molecule has 0 heterocycles.